The molecule has 0 aliphatic rings. The van der Waals surface area contributed by atoms with Gasteiger partial charge in [-0.25, -0.2) is 23.5 Å². The predicted molar refractivity (Wildman–Crippen MR) is 146 cm³/mol. The molecule has 1 unspecified atom stereocenters. The molecule has 4 rings (SSSR count). The van der Waals surface area contributed by atoms with Gasteiger partial charge in [0.15, 0.2) is 5.13 Å². The fourth-order valence-corrected chi connectivity index (χ4v) is 5.14. The molecule has 16 heteroatoms. The fraction of sp³-hybridized carbons (Fsp3) is 0.125. The summed E-state index contributed by atoms with van der Waals surface area (Å²) in [4.78, 5) is 44.7. The maximum atomic E-state index is 14.8. The summed E-state index contributed by atoms with van der Waals surface area (Å²) >= 11 is 2.04. The van der Waals surface area contributed by atoms with Crippen LogP contribution in [0.25, 0.3) is 21.1 Å². The highest BCUT2D eigenvalue weighted by atomic mass is 32.1. The van der Waals surface area contributed by atoms with Gasteiger partial charge in [0.1, 0.15) is 39.1 Å². The lowest BCUT2D eigenvalue weighted by Crippen LogP contribution is -2.48. The Morgan fingerprint density at radius 3 is 2.60 bits per heavy atom. The normalized spacial score (nSPS) is 11.5. The van der Waals surface area contributed by atoms with Crippen LogP contribution in [0.15, 0.2) is 41.8 Å². The van der Waals surface area contributed by atoms with Crippen molar-refractivity contribution in [3.8, 4) is 26.9 Å². The van der Waals surface area contributed by atoms with Gasteiger partial charge in [-0.1, -0.05) is 17.4 Å². The third kappa shape index (κ3) is 6.31. The fourth-order valence-electron chi connectivity index (χ4n) is 3.34. The molecular formula is C24H21F2N7O5S2. The highest BCUT2D eigenvalue weighted by Gasteiger charge is 2.21. The molecule has 8 N–H and O–H groups in total. The molecule has 0 aliphatic heterocycles. The summed E-state index contributed by atoms with van der Waals surface area (Å²) in [6, 6.07) is 5.86. The average Bonchev–Trinajstić information content (AvgIpc) is 3.54. The molecule has 4 aromatic rings. The third-order valence-electron chi connectivity index (χ3n) is 5.32. The Kier molecular flexibility index (Phi) is 8.52. The van der Waals surface area contributed by atoms with Crippen molar-refractivity contribution in [2.75, 3.05) is 30.1 Å². The Morgan fingerprint density at radius 1 is 1.12 bits per heavy atom. The van der Waals surface area contributed by atoms with Gasteiger partial charge in [-0.3, -0.25) is 14.9 Å². The maximum Gasteiger partial charge on any atom is 0.321 e. The van der Waals surface area contributed by atoms with Crippen LogP contribution >= 0.6 is 22.7 Å². The number of benzene rings is 2. The van der Waals surface area contributed by atoms with E-state index in [0.29, 0.717) is 21.7 Å². The molecule has 2 aromatic heterocycles. The monoisotopic (exact) mass is 589 g/mol. The zero-order valence-electron chi connectivity index (χ0n) is 20.5. The van der Waals surface area contributed by atoms with E-state index >= 15 is 0 Å². The topological polar surface area (TPSA) is 195 Å². The number of primary amides is 1. The lowest BCUT2D eigenvalue weighted by Gasteiger charge is -2.12. The number of carbonyl (C=O) groups is 3. The summed E-state index contributed by atoms with van der Waals surface area (Å²) in [7, 11) is 1.44. The van der Waals surface area contributed by atoms with Gasteiger partial charge >= 0.3 is 6.03 Å². The molecule has 40 heavy (non-hydrogen) atoms. The standard InChI is InChI=1S/C24H21F2N7O5S2/c1-38-11-4-2-3-10(5-11)21(36)29-15-6-12(13(25)7-14(15)26)17-9-39-22(30-17)18-19(27)32-24(40-18)33-23(37)31-16(8-34)20(28)35/h2-7,9,16,34H,8,27H2,1H3,(H2,28,35)(H,29,36)(H2,31,32,33,37). The first-order valence-electron chi connectivity index (χ1n) is 11.2. The van der Waals surface area contributed by atoms with Gasteiger partial charge in [0.25, 0.3) is 5.91 Å². The number of nitrogens with one attached hydrogen (secondary N) is 3. The summed E-state index contributed by atoms with van der Waals surface area (Å²) in [5.41, 5.74) is 11.1. The van der Waals surface area contributed by atoms with Crippen molar-refractivity contribution >= 4 is 57.2 Å². The Hall–Kier alpha value is -4.67. The number of amides is 4. The van der Waals surface area contributed by atoms with E-state index < -0.39 is 42.1 Å². The van der Waals surface area contributed by atoms with E-state index in [0.717, 1.165) is 28.7 Å². The highest BCUT2D eigenvalue weighted by Crippen LogP contribution is 2.39. The molecule has 0 saturated carbocycles. The number of hydrogen-bond acceptors (Lipinski definition) is 10. The number of urea groups is 1. The second-order valence-corrected chi connectivity index (χ2v) is 9.86. The van der Waals surface area contributed by atoms with Crippen LogP contribution in [-0.4, -0.2) is 52.7 Å². The van der Waals surface area contributed by atoms with Crippen molar-refractivity contribution in [3.63, 3.8) is 0 Å². The number of hydrogen-bond donors (Lipinski definition) is 6. The summed E-state index contributed by atoms with van der Waals surface area (Å²) < 4.78 is 34.4. The molecular weight excluding hydrogens is 568 g/mol. The van der Waals surface area contributed by atoms with Crippen LogP contribution in [-0.2, 0) is 4.79 Å². The second-order valence-electron chi connectivity index (χ2n) is 8.01. The minimum absolute atomic E-state index is 0.0145. The number of thiazole rings is 2. The summed E-state index contributed by atoms with van der Waals surface area (Å²) in [5.74, 6) is -2.99. The largest absolute Gasteiger partial charge is 0.497 e. The van der Waals surface area contributed by atoms with E-state index in [4.69, 9.17) is 21.3 Å². The number of carbonyl (C=O) groups excluding carboxylic acids is 3. The van der Waals surface area contributed by atoms with Crippen molar-refractivity contribution in [1.29, 1.82) is 0 Å². The smallest absolute Gasteiger partial charge is 0.321 e. The van der Waals surface area contributed by atoms with Crippen molar-refractivity contribution in [3.05, 3.63) is 59.0 Å². The maximum absolute atomic E-state index is 14.8. The predicted octanol–water partition coefficient (Wildman–Crippen LogP) is 3.02. The van der Waals surface area contributed by atoms with Crippen LogP contribution in [0.2, 0.25) is 0 Å². The molecule has 208 valence electrons. The Balaban J connectivity index is 1.54. The Bertz CT molecular complexity index is 1590. The Labute approximate surface area is 233 Å². The molecule has 2 aromatic carbocycles. The first-order chi connectivity index (χ1) is 19.1. The van der Waals surface area contributed by atoms with Crippen LogP contribution in [0.4, 0.5) is 30.2 Å². The molecule has 0 fully saturated rings. The highest BCUT2D eigenvalue weighted by molar-refractivity contribution is 7.23. The van der Waals surface area contributed by atoms with E-state index in [9.17, 15) is 23.2 Å². The summed E-state index contributed by atoms with van der Waals surface area (Å²) in [6.45, 7) is -0.692. The SMILES string of the molecule is COc1cccc(C(=O)Nc2cc(-c3csc(-c4sc(NC(=O)NC(CO)C(N)=O)nc4N)n3)c(F)cc2F)c1. The van der Waals surface area contributed by atoms with Crippen molar-refractivity contribution in [2.24, 2.45) is 5.73 Å². The third-order valence-corrected chi connectivity index (χ3v) is 7.30. The van der Waals surface area contributed by atoms with Crippen molar-refractivity contribution in [2.45, 2.75) is 6.04 Å². The van der Waals surface area contributed by atoms with Crippen LogP contribution in [0.3, 0.4) is 0 Å². The van der Waals surface area contributed by atoms with Crippen molar-refractivity contribution in [1.82, 2.24) is 15.3 Å². The van der Waals surface area contributed by atoms with E-state index in [1.165, 1.54) is 24.6 Å². The zero-order chi connectivity index (χ0) is 29.0. The molecule has 12 nitrogen and oxygen atoms in total. The molecule has 0 radical (unpaired) electrons. The number of aliphatic hydroxyl groups is 1. The molecule has 0 aliphatic carbocycles. The number of nitrogens with two attached hydrogens (primary N) is 2. The minimum atomic E-state index is -1.30. The number of rotatable bonds is 9. The van der Waals surface area contributed by atoms with Gasteiger partial charge in [0.05, 0.1) is 25.1 Å². The van der Waals surface area contributed by atoms with Gasteiger partial charge in [0, 0.05) is 22.6 Å². The van der Waals surface area contributed by atoms with E-state index in [2.05, 4.69) is 25.9 Å². The quantitative estimate of drug-likeness (QED) is 0.171. The zero-order valence-corrected chi connectivity index (χ0v) is 22.2. The van der Waals surface area contributed by atoms with Crippen molar-refractivity contribution < 1.29 is 33.0 Å². The molecule has 0 saturated heterocycles. The number of nitrogen functional groups attached to an aromatic ring is 1. The van der Waals surface area contributed by atoms with Gasteiger partial charge in [-0.15, -0.1) is 11.3 Å². The summed E-state index contributed by atoms with van der Waals surface area (Å²) in [6.07, 6.45) is 0. The van der Waals surface area contributed by atoms with Gasteiger partial charge < -0.3 is 31.9 Å². The molecule has 4 amide bonds. The lowest BCUT2D eigenvalue weighted by atomic mass is 10.1. The number of halogens is 2. The van der Waals surface area contributed by atoms with Crippen LogP contribution in [0.1, 0.15) is 10.4 Å². The van der Waals surface area contributed by atoms with Crippen LogP contribution in [0.5, 0.6) is 5.75 Å². The lowest BCUT2D eigenvalue weighted by molar-refractivity contribution is -0.120. The summed E-state index contributed by atoms with van der Waals surface area (Å²) in [5, 5.41) is 18.0. The van der Waals surface area contributed by atoms with Gasteiger partial charge in [0.2, 0.25) is 5.91 Å². The van der Waals surface area contributed by atoms with Crippen LogP contribution < -0.4 is 32.2 Å². The second kappa shape index (κ2) is 12.0. The number of aliphatic hydroxyl groups excluding tert-OH is 1. The number of anilines is 3. The number of methoxy groups -OCH3 is 1. The number of nitrogens with zero attached hydrogens (tertiary/aromatic N) is 2. The average molecular weight is 590 g/mol. The first-order valence-corrected chi connectivity index (χ1v) is 12.9. The number of aromatic nitrogens is 2. The minimum Gasteiger partial charge on any atom is -0.497 e. The molecule has 0 spiro atoms. The molecule has 2 heterocycles. The van der Waals surface area contributed by atoms with Gasteiger partial charge in [-0.05, 0) is 24.3 Å². The molecule has 0 bridgehead atoms. The van der Waals surface area contributed by atoms with E-state index in [1.807, 2.05) is 0 Å². The van der Waals surface area contributed by atoms with Crippen LogP contribution in [0, 0.1) is 11.6 Å². The number of ether oxygens (including phenoxy) is 1. The van der Waals surface area contributed by atoms with E-state index in [1.54, 1.807) is 12.1 Å². The molecule has 1 atom stereocenters. The van der Waals surface area contributed by atoms with E-state index in [-0.39, 0.29) is 33.5 Å². The van der Waals surface area contributed by atoms with Gasteiger partial charge in [-0.2, -0.15) is 0 Å². The Morgan fingerprint density at radius 2 is 1.90 bits per heavy atom. The first kappa shape index (κ1) is 28.3.